The molecule has 0 aliphatic heterocycles. The zero-order chi connectivity index (χ0) is 16.3. The molecule has 0 heterocycles. The van der Waals surface area contributed by atoms with Gasteiger partial charge in [0.15, 0.2) is 0 Å². The number of carbonyl (C=O) groups is 1. The number of carboxylic acids is 1. The van der Waals surface area contributed by atoms with Crippen molar-refractivity contribution in [2.45, 2.75) is 92.4 Å². The van der Waals surface area contributed by atoms with Crippen LogP contribution in [0.1, 0.15) is 92.4 Å². The molecule has 0 aromatic carbocycles. The lowest BCUT2D eigenvalue weighted by Gasteiger charge is -2.22. The molecule has 126 valence electrons. The number of hydrogen-bond acceptors (Lipinski definition) is 1. The second kappa shape index (κ2) is 12.1. The fourth-order valence-electron chi connectivity index (χ4n) is 3.43. The summed E-state index contributed by atoms with van der Waals surface area (Å²) in [5.41, 5.74) is 0. The van der Waals surface area contributed by atoms with Crippen molar-refractivity contribution in [3.63, 3.8) is 0 Å². The Morgan fingerprint density at radius 2 is 1.57 bits per heavy atom. The number of unbranched alkanes of at least 4 members (excludes halogenated alkanes) is 1. The van der Waals surface area contributed by atoms with E-state index >= 15 is 0 Å². The first kappa shape index (κ1) is 20.5. The van der Waals surface area contributed by atoms with Gasteiger partial charge in [-0.05, 0) is 43.4 Å². The highest BCUT2D eigenvalue weighted by Crippen LogP contribution is 2.28. The van der Waals surface area contributed by atoms with Crippen LogP contribution in [0.2, 0.25) is 0 Å². The highest BCUT2D eigenvalue weighted by Gasteiger charge is 2.22. The SMILES string of the molecule is CCCCC(CCC)CC(CCC(C)CC(C)C)C(=O)O. The van der Waals surface area contributed by atoms with Crippen molar-refractivity contribution in [2.75, 3.05) is 0 Å². The third-order valence-electron chi connectivity index (χ3n) is 4.51. The number of aliphatic carboxylic acids is 1. The summed E-state index contributed by atoms with van der Waals surface area (Å²) in [5, 5.41) is 9.51. The molecule has 0 saturated heterocycles. The van der Waals surface area contributed by atoms with E-state index < -0.39 is 5.97 Å². The molecule has 0 rings (SSSR count). The minimum atomic E-state index is -0.579. The van der Waals surface area contributed by atoms with Gasteiger partial charge >= 0.3 is 5.97 Å². The molecule has 2 heteroatoms. The van der Waals surface area contributed by atoms with Crippen molar-refractivity contribution in [1.82, 2.24) is 0 Å². The third kappa shape index (κ3) is 10.8. The van der Waals surface area contributed by atoms with Crippen LogP contribution in [0.15, 0.2) is 0 Å². The largest absolute Gasteiger partial charge is 0.481 e. The first-order chi connectivity index (χ1) is 9.90. The topological polar surface area (TPSA) is 37.3 Å². The van der Waals surface area contributed by atoms with Gasteiger partial charge in [0.1, 0.15) is 0 Å². The van der Waals surface area contributed by atoms with E-state index in [1.54, 1.807) is 0 Å². The van der Waals surface area contributed by atoms with E-state index in [-0.39, 0.29) is 5.92 Å². The normalized spacial score (nSPS) is 15.9. The predicted molar refractivity (Wildman–Crippen MR) is 91.5 cm³/mol. The summed E-state index contributed by atoms with van der Waals surface area (Å²) in [6.45, 7) is 11.2. The Morgan fingerprint density at radius 1 is 0.905 bits per heavy atom. The smallest absolute Gasteiger partial charge is 0.306 e. The Bertz CT molecular complexity index is 260. The summed E-state index contributed by atoms with van der Waals surface area (Å²) < 4.78 is 0. The molecule has 0 aromatic heterocycles. The molecule has 0 radical (unpaired) electrons. The molecule has 0 saturated carbocycles. The molecule has 0 amide bonds. The van der Waals surface area contributed by atoms with E-state index in [0.717, 1.165) is 19.3 Å². The molecule has 0 aromatic rings. The maximum Gasteiger partial charge on any atom is 0.306 e. The fraction of sp³-hybridized carbons (Fsp3) is 0.947. The fourth-order valence-corrected chi connectivity index (χ4v) is 3.43. The molecule has 0 bridgehead atoms. The van der Waals surface area contributed by atoms with Gasteiger partial charge in [0.2, 0.25) is 0 Å². The number of hydrogen-bond donors (Lipinski definition) is 1. The van der Waals surface area contributed by atoms with Crippen molar-refractivity contribution < 1.29 is 9.90 Å². The average molecular weight is 299 g/mol. The zero-order valence-electron chi connectivity index (χ0n) is 15.0. The van der Waals surface area contributed by atoms with E-state index in [1.165, 1.54) is 38.5 Å². The maximum atomic E-state index is 11.5. The van der Waals surface area contributed by atoms with Crippen LogP contribution in [0.5, 0.6) is 0 Å². The van der Waals surface area contributed by atoms with Crippen LogP contribution in [0.25, 0.3) is 0 Å². The van der Waals surface area contributed by atoms with Crippen LogP contribution in [0.3, 0.4) is 0 Å². The van der Waals surface area contributed by atoms with E-state index in [1.807, 2.05) is 0 Å². The molecule has 1 N–H and O–H groups in total. The van der Waals surface area contributed by atoms with E-state index in [0.29, 0.717) is 17.8 Å². The summed E-state index contributed by atoms with van der Waals surface area (Å²) >= 11 is 0. The van der Waals surface area contributed by atoms with Crippen molar-refractivity contribution >= 4 is 5.97 Å². The second-order valence-electron chi connectivity index (χ2n) is 7.38. The van der Waals surface area contributed by atoms with Crippen molar-refractivity contribution in [3.05, 3.63) is 0 Å². The zero-order valence-corrected chi connectivity index (χ0v) is 15.0. The first-order valence-electron chi connectivity index (χ1n) is 9.13. The lowest BCUT2D eigenvalue weighted by molar-refractivity contribution is -0.142. The predicted octanol–water partition coefficient (Wildman–Crippen LogP) is 6.15. The van der Waals surface area contributed by atoms with Gasteiger partial charge in [-0.3, -0.25) is 4.79 Å². The molecular formula is C19H38O2. The Kier molecular flexibility index (Phi) is 11.8. The maximum absolute atomic E-state index is 11.5. The summed E-state index contributed by atoms with van der Waals surface area (Å²) in [7, 11) is 0. The molecule has 0 aliphatic rings. The van der Waals surface area contributed by atoms with Crippen LogP contribution in [0.4, 0.5) is 0 Å². The Hall–Kier alpha value is -0.530. The van der Waals surface area contributed by atoms with Crippen molar-refractivity contribution in [2.24, 2.45) is 23.7 Å². The number of rotatable bonds is 13. The second-order valence-corrected chi connectivity index (χ2v) is 7.38. The molecule has 0 spiro atoms. The molecular weight excluding hydrogens is 260 g/mol. The van der Waals surface area contributed by atoms with E-state index in [9.17, 15) is 9.90 Å². The standard InChI is InChI=1S/C19H38O2/c1-6-8-10-17(9-7-2)14-18(19(20)21)12-11-16(5)13-15(3)4/h15-18H,6-14H2,1-5H3,(H,20,21). The summed E-state index contributed by atoms with van der Waals surface area (Å²) in [6, 6.07) is 0. The highest BCUT2D eigenvalue weighted by atomic mass is 16.4. The summed E-state index contributed by atoms with van der Waals surface area (Å²) in [4.78, 5) is 11.5. The van der Waals surface area contributed by atoms with E-state index in [2.05, 4.69) is 34.6 Å². The van der Waals surface area contributed by atoms with Crippen LogP contribution in [-0.2, 0) is 4.79 Å². The van der Waals surface area contributed by atoms with Crippen LogP contribution < -0.4 is 0 Å². The Morgan fingerprint density at radius 3 is 2.05 bits per heavy atom. The van der Waals surface area contributed by atoms with Crippen molar-refractivity contribution in [3.8, 4) is 0 Å². The van der Waals surface area contributed by atoms with Gasteiger partial charge < -0.3 is 5.11 Å². The van der Waals surface area contributed by atoms with E-state index in [4.69, 9.17) is 0 Å². The van der Waals surface area contributed by atoms with Crippen LogP contribution in [0, 0.1) is 23.7 Å². The van der Waals surface area contributed by atoms with Crippen molar-refractivity contribution in [1.29, 1.82) is 0 Å². The lowest BCUT2D eigenvalue weighted by Crippen LogP contribution is -2.19. The van der Waals surface area contributed by atoms with Crippen LogP contribution >= 0.6 is 0 Å². The molecule has 0 fully saturated rings. The molecule has 0 aliphatic carbocycles. The van der Waals surface area contributed by atoms with Gasteiger partial charge in [0.25, 0.3) is 0 Å². The molecule has 3 atom stereocenters. The minimum Gasteiger partial charge on any atom is -0.481 e. The quantitative estimate of drug-likeness (QED) is 0.443. The summed E-state index contributed by atoms with van der Waals surface area (Å²) in [6.07, 6.45) is 10.0. The Balaban J connectivity index is 4.34. The van der Waals surface area contributed by atoms with Gasteiger partial charge in [-0.25, -0.2) is 0 Å². The van der Waals surface area contributed by atoms with Gasteiger partial charge in [-0.15, -0.1) is 0 Å². The highest BCUT2D eigenvalue weighted by molar-refractivity contribution is 5.69. The molecule has 21 heavy (non-hydrogen) atoms. The lowest BCUT2D eigenvalue weighted by atomic mass is 9.83. The monoisotopic (exact) mass is 298 g/mol. The van der Waals surface area contributed by atoms with Gasteiger partial charge in [0.05, 0.1) is 5.92 Å². The first-order valence-corrected chi connectivity index (χ1v) is 9.13. The average Bonchev–Trinajstić information content (AvgIpc) is 2.39. The van der Waals surface area contributed by atoms with Gasteiger partial charge in [-0.1, -0.05) is 66.7 Å². The third-order valence-corrected chi connectivity index (χ3v) is 4.51. The Labute approximate surface area is 132 Å². The summed E-state index contributed by atoms with van der Waals surface area (Å²) in [5.74, 6) is 1.25. The van der Waals surface area contributed by atoms with Gasteiger partial charge in [0, 0.05) is 0 Å². The van der Waals surface area contributed by atoms with Gasteiger partial charge in [-0.2, -0.15) is 0 Å². The van der Waals surface area contributed by atoms with Crippen LogP contribution in [-0.4, -0.2) is 11.1 Å². The number of carboxylic acid groups (broad SMARTS) is 1. The molecule has 2 nitrogen and oxygen atoms in total. The molecule has 3 unspecified atom stereocenters. The minimum absolute atomic E-state index is 0.131.